The van der Waals surface area contributed by atoms with Crippen molar-refractivity contribution in [1.29, 1.82) is 0 Å². The van der Waals surface area contributed by atoms with Crippen LogP contribution in [0.5, 0.6) is 5.75 Å². The molecule has 0 aliphatic carbocycles. The quantitative estimate of drug-likeness (QED) is 0.452. The van der Waals surface area contributed by atoms with Crippen LogP contribution >= 0.6 is 0 Å². The van der Waals surface area contributed by atoms with Crippen molar-refractivity contribution in [2.24, 2.45) is 0 Å². The maximum Gasteiger partial charge on any atom is 0.411 e. The lowest BCUT2D eigenvalue weighted by atomic mass is 10.0. The summed E-state index contributed by atoms with van der Waals surface area (Å²) in [6, 6.07) is 2.07. The number of carbonyl (C=O) groups excluding carboxylic acids is 3. The van der Waals surface area contributed by atoms with Crippen molar-refractivity contribution in [2.75, 3.05) is 38.2 Å². The lowest BCUT2D eigenvalue weighted by Gasteiger charge is -2.31. The first-order valence-electron chi connectivity index (χ1n) is 10.4. The third-order valence-corrected chi connectivity index (χ3v) is 4.71. The van der Waals surface area contributed by atoms with Crippen LogP contribution in [0.2, 0.25) is 0 Å². The van der Waals surface area contributed by atoms with Crippen molar-refractivity contribution in [3.8, 4) is 5.75 Å². The summed E-state index contributed by atoms with van der Waals surface area (Å²) in [6.07, 6.45) is -0.224. The number of nitrogens with one attached hydrogen (secondary N) is 2. The number of likely N-dealkylation sites (tertiary alicyclic amines) is 1. The van der Waals surface area contributed by atoms with Crippen LogP contribution < -0.4 is 15.4 Å². The van der Waals surface area contributed by atoms with Crippen LogP contribution in [-0.2, 0) is 9.47 Å². The second kappa shape index (κ2) is 11.7. The van der Waals surface area contributed by atoms with Gasteiger partial charge < -0.3 is 24.4 Å². The molecule has 3 amide bonds. The van der Waals surface area contributed by atoms with Crippen LogP contribution in [0, 0.1) is 10.1 Å². The van der Waals surface area contributed by atoms with Crippen LogP contribution in [0.3, 0.4) is 0 Å². The third kappa shape index (κ3) is 6.46. The van der Waals surface area contributed by atoms with E-state index >= 15 is 0 Å². The highest BCUT2D eigenvalue weighted by atomic mass is 16.6. The molecule has 1 aromatic rings. The average molecular weight is 452 g/mol. The summed E-state index contributed by atoms with van der Waals surface area (Å²) in [6.45, 7) is 6.46. The fourth-order valence-corrected chi connectivity index (χ4v) is 3.23. The largest absolute Gasteiger partial charge is 0.493 e. The number of nitrogens with zero attached hydrogens (tertiary/aromatic N) is 2. The molecule has 1 fully saturated rings. The van der Waals surface area contributed by atoms with Gasteiger partial charge in [0.1, 0.15) is 11.4 Å². The fraction of sp³-hybridized carbons (Fsp3) is 0.550. The Hall–Kier alpha value is -3.57. The van der Waals surface area contributed by atoms with Crippen molar-refractivity contribution < 1.29 is 33.5 Å². The van der Waals surface area contributed by atoms with Gasteiger partial charge in [-0.25, -0.2) is 9.59 Å². The molecule has 12 heteroatoms. The second-order valence-corrected chi connectivity index (χ2v) is 6.83. The number of piperidine rings is 1. The van der Waals surface area contributed by atoms with E-state index in [0.29, 0.717) is 25.9 Å². The first-order chi connectivity index (χ1) is 15.3. The molecule has 2 rings (SSSR count). The Balaban J connectivity index is 2.19. The van der Waals surface area contributed by atoms with E-state index in [2.05, 4.69) is 10.6 Å². The molecule has 1 aliphatic rings. The highest BCUT2D eigenvalue weighted by Gasteiger charge is 2.28. The van der Waals surface area contributed by atoms with E-state index in [0.717, 1.165) is 6.07 Å². The van der Waals surface area contributed by atoms with E-state index in [4.69, 9.17) is 14.2 Å². The number of nitro groups is 1. The predicted octanol–water partition coefficient (Wildman–Crippen LogP) is 2.91. The average Bonchev–Trinajstić information content (AvgIpc) is 2.74. The van der Waals surface area contributed by atoms with Crippen LogP contribution in [0.15, 0.2) is 12.1 Å². The molecule has 2 N–H and O–H groups in total. The molecule has 0 atom stereocenters. The van der Waals surface area contributed by atoms with Gasteiger partial charge in [0.15, 0.2) is 0 Å². The van der Waals surface area contributed by atoms with Gasteiger partial charge in [0.05, 0.1) is 30.3 Å². The van der Waals surface area contributed by atoms with Crippen molar-refractivity contribution >= 4 is 29.5 Å². The summed E-state index contributed by atoms with van der Waals surface area (Å²) in [5.41, 5.74) is -0.638. The molecular weight excluding hydrogens is 424 g/mol. The van der Waals surface area contributed by atoms with E-state index in [9.17, 15) is 24.5 Å². The number of hydrogen-bond acceptors (Lipinski definition) is 8. The fourth-order valence-electron chi connectivity index (χ4n) is 3.23. The van der Waals surface area contributed by atoms with Crippen molar-refractivity contribution in [3.05, 3.63) is 27.8 Å². The Morgan fingerprint density at radius 3 is 2.31 bits per heavy atom. The zero-order valence-electron chi connectivity index (χ0n) is 18.3. The molecule has 176 valence electrons. The minimum absolute atomic E-state index is 0.0271. The zero-order valence-corrected chi connectivity index (χ0v) is 18.3. The number of amides is 3. The Morgan fingerprint density at radius 1 is 1.09 bits per heavy atom. The Morgan fingerprint density at radius 2 is 1.75 bits per heavy atom. The number of carbonyl (C=O) groups is 3. The Labute approximate surface area is 185 Å². The van der Waals surface area contributed by atoms with Crippen molar-refractivity contribution in [3.63, 3.8) is 0 Å². The maximum atomic E-state index is 12.9. The minimum Gasteiger partial charge on any atom is -0.493 e. The van der Waals surface area contributed by atoms with Crippen LogP contribution in [-0.4, -0.2) is 66.9 Å². The summed E-state index contributed by atoms with van der Waals surface area (Å²) in [5, 5.41) is 16.7. The first kappa shape index (κ1) is 24.7. The molecule has 1 aliphatic heterocycles. The summed E-state index contributed by atoms with van der Waals surface area (Å²) in [5.74, 6) is -0.458. The monoisotopic (exact) mass is 452 g/mol. The molecule has 32 heavy (non-hydrogen) atoms. The van der Waals surface area contributed by atoms with E-state index in [1.54, 1.807) is 25.7 Å². The molecule has 0 saturated carbocycles. The summed E-state index contributed by atoms with van der Waals surface area (Å²) < 4.78 is 15.2. The molecule has 0 aromatic heterocycles. The Bertz CT molecular complexity index is 852. The zero-order chi connectivity index (χ0) is 23.7. The highest BCUT2D eigenvalue weighted by molar-refractivity contribution is 6.00. The van der Waals surface area contributed by atoms with E-state index in [1.807, 2.05) is 0 Å². The minimum atomic E-state index is -0.858. The Kier molecular flexibility index (Phi) is 9.05. The van der Waals surface area contributed by atoms with Gasteiger partial charge >= 0.3 is 12.2 Å². The lowest BCUT2D eigenvalue weighted by Crippen LogP contribution is -2.46. The summed E-state index contributed by atoms with van der Waals surface area (Å²) >= 11 is 0. The van der Waals surface area contributed by atoms with Gasteiger partial charge in [-0.1, -0.05) is 0 Å². The summed E-state index contributed by atoms with van der Waals surface area (Å²) in [7, 11) is 0. The second-order valence-electron chi connectivity index (χ2n) is 6.83. The first-order valence-corrected chi connectivity index (χ1v) is 10.4. The van der Waals surface area contributed by atoms with Gasteiger partial charge in [-0.15, -0.1) is 0 Å². The smallest absolute Gasteiger partial charge is 0.411 e. The van der Waals surface area contributed by atoms with Crippen LogP contribution in [0.1, 0.15) is 44.0 Å². The van der Waals surface area contributed by atoms with Gasteiger partial charge in [0.2, 0.25) is 0 Å². The van der Waals surface area contributed by atoms with Gasteiger partial charge in [-0.3, -0.25) is 20.2 Å². The van der Waals surface area contributed by atoms with E-state index in [1.165, 1.54) is 6.07 Å². The number of hydrogen-bond donors (Lipinski definition) is 2. The molecule has 1 saturated heterocycles. The predicted molar refractivity (Wildman–Crippen MR) is 114 cm³/mol. The molecule has 0 unspecified atom stereocenters. The third-order valence-electron chi connectivity index (χ3n) is 4.71. The standard InChI is InChI=1S/C20H28N4O8/c1-4-30-17-12-15(22-19(26)31-5-2)16(24(28)29)11-14(17)18(25)21-13-7-9-23(10-8-13)20(27)32-6-3/h11-13H,4-10H2,1-3H3,(H,21,25)(H,22,26). The SMILES string of the molecule is CCOC(=O)Nc1cc(OCC)c(C(=O)NC2CCN(C(=O)OCC)CC2)cc1[N+](=O)[O-]. The van der Waals surface area contributed by atoms with Gasteiger partial charge in [-0.2, -0.15) is 0 Å². The number of anilines is 1. The van der Waals surface area contributed by atoms with Gasteiger partial charge in [0, 0.05) is 31.3 Å². The number of ether oxygens (including phenoxy) is 3. The number of benzene rings is 1. The molecule has 0 bridgehead atoms. The number of nitro benzene ring substituents is 1. The molecule has 0 spiro atoms. The molecule has 12 nitrogen and oxygen atoms in total. The number of rotatable bonds is 8. The lowest BCUT2D eigenvalue weighted by molar-refractivity contribution is -0.384. The molecule has 1 aromatic carbocycles. The van der Waals surface area contributed by atoms with Crippen molar-refractivity contribution in [1.82, 2.24) is 10.2 Å². The summed E-state index contributed by atoms with van der Waals surface area (Å²) in [4.78, 5) is 48.9. The van der Waals surface area contributed by atoms with E-state index < -0.39 is 28.7 Å². The van der Waals surface area contributed by atoms with E-state index in [-0.39, 0.29) is 42.9 Å². The topological polar surface area (TPSA) is 149 Å². The maximum absolute atomic E-state index is 12.9. The van der Waals surface area contributed by atoms with Gasteiger partial charge in [0.25, 0.3) is 11.6 Å². The molecular formula is C20H28N4O8. The molecule has 1 heterocycles. The van der Waals surface area contributed by atoms with Crippen LogP contribution in [0.4, 0.5) is 21.0 Å². The normalized spacial score (nSPS) is 13.8. The highest BCUT2D eigenvalue weighted by Crippen LogP contribution is 2.33. The van der Waals surface area contributed by atoms with Crippen molar-refractivity contribution in [2.45, 2.75) is 39.7 Å². The van der Waals surface area contributed by atoms with Gasteiger partial charge in [-0.05, 0) is 33.6 Å². The molecule has 0 radical (unpaired) electrons. The van der Waals surface area contributed by atoms with Crippen LogP contribution in [0.25, 0.3) is 0 Å².